The van der Waals surface area contributed by atoms with Gasteiger partial charge in [-0.1, -0.05) is 12.2 Å². The van der Waals surface area contributed by atoms with Gasteiger partial charge in [-0.25, -0.2) is 4.98 Å². The van der Waals surface area contributed by atoms with E-state index in [0.29, 0.717) is 0 Å². The summed E-state index contributed by atoms with van der Waals surface area (Å²) >= 11 is 6.81. The summed E-state index contributed by atoms with van der Waals surface area (Å²) in [5.41, 5.74) is 0. The number of anilines is 1. The largest absolute Gasteiger partial charge is 0.348 e. The molecule has 0 radical (unpaired) electrons. The van der Waals surface area contributed by atoms with Gasteiger partial charge >= 0.3 is 0 Å². The first-order chi connectivity index (χ1) is 6.18. The van der Waals surface area contributed by atoms with Crippen LogP contribution in [-0.2, 0) is 0 Å². The number of nitrogens with one attached hydrogen (secondary N) is 1. The van der Waals surface area contributed by atoms with Gasteiger partial charge in [-0.3, -0.25) is 0 Å². The van der Waals surface area contributed by atoms with Gasteiger partial charge < -0.3 is 9.88 Å². The van der Waals surface area contributed by atoms with Crippen LogP contribution in [-0.4, -0.2) is 24.1 Å². The number of hydrogen-bond donors (Lipinski definition) is 1. The van der Waals surface area contributed by atoms with Crippen LogP contribution in [0.1, 0.15) is 0 Å². The van der Waals surface area contributed by atoms with Gasteiger partial charge in [-0.2, -0.15) is 0 Å². The molecular formula is C8H9N3S2. The third kappa shape index (κ3) is 1.45. The normalized spacial score (nSPS) is 10.6. The molecule has 2 aromatic rings. The van der Waals surface area contributed by atoms with Crippen molar-refractivity contribution in [2.75, 3.05) is 19.0 Å². The summed E-state index contributed by atoms with van der Waals surface area (Å²) in [7, 11) is 3.88. The number of rotatable bonds is 1. The number of nitrogens with zero attached hydrogens (tertiary/aromatic N) is 2. The first kappa shape index (κ1) is 8.65. The minimum absolute atomic E-state index is 0.759. The van der Waals surface area contributed by atoms with E-state index >= 15 is 0 Å². The lowest BCUT2D eigenvalue weighted by Crippen LogP contribution is -2.12. The molecule has 3 nitrogen and oxygen atoms in total. The van der Waals surface area contributed by atoms with E-state index in [1.54, 1.807) is 11.3 Å². The summed E-state index contributed by atoms with van der Waals surface area (Å²) in [6.45, 7) is 0. The Labute approximate surface area is 85.0 Å². The van der Waals surface area contributed by atoms with Crippen molar-refractivity contribution >= 4 is 39.7 Å². The Morgan fingerprint density at radius 3 is 3.00 bits per heavy atom. The first-order valence-electron chi connectivity index (χ1n) is 3.83. The van der Waals surface area contributed by atoms with Gasteiger partial charge in [-0.05, 0) is 11.4 Å². The highest BCUT2D eigenvalue weighted by atomic mass is 32.1. The highest BCUT2D eigenvalue weighted by Gasteiger charge is 2.02. The van der Waals surface area contributed by atoms with Crippen molar-refractivity contribution in [2.24, 2.45) is 0 Å². The fourth-order valence-corrected chi connectivity index (χ4v) is 2.16. The highest BCUT2D eigenvalue weighted by molar-refractivity contribution is 7.71. The quantitative estimate of drug-likeness (QED) is 0.735. The summed E-state index contributed by atoms with van der Waals surface area (Å²) in [6, 6.07) is 1.99. The fraction of sp³-hybridized carbons (Fsp3) is 0.250. The van der Waals surface area contributed by atoms with Gasteiger partial charge in [0, 0.05) is 19.5 Å². The monoisotopic (exact) mass is 211 g/mol. The van der Waals surface area contributed by atoms with Crippen LogP contribution in [0.4, 0.5) is 5.95 Å². The van der Waals surface area contributed by atoms with Crippen molar-refractivity contribution in [2.45, 2.75) is 0 Å². The number of aromatic amines is 1. The molecule has 1 N–H and O–H groups in total. The maximum Gasteiger partial charge on any atom is 0.204 e. The summed E-state index contributed by atoms with van der Waals surface area (Å²) in [5, 5.41) is 3.03. The van der Waals surface area contributed by atoms with Crippen LogP contribution < -0.4 is 4.90 Å². The Morgan fingerprint density at radius 2 is 2.31 bits per heavy atom. The lowest BCUT2D eigenvalue weighted by atomic mass is 10.4. The zero-order chi connectivity index (χ0) is 9.42. The number of fused-ring (bicyclic) bond motifs is 1. The van der Waals surface area contributed by atoms with Crippen molar-refractivity contribution in [3.8, 4) is 0 Å². The standard InChI is InChI=1S/C8H9N3S2/c1-11(2)8-9-6(12)5-3-4-13-7(5)10-8/h3-4H,1-2H3,(H,9,10,12). The van der Waals surface area contributed by atoms with E-state index in [2.05, 4.69) is 9.97 Å². The Balaban J connectivity index is 2.77. The van der Waals surface area contributed by atoms with E-state index < -0.39 is 0 Å². The van der Waals surface area contributed by atoms with Crippen LogP contribution >= 0.6 is 23.6 Å². The molecule has 0 aliphatic rings. The van der Waals surface area contributed by atoms with Gasteiger partial charge in [0.2, 0.25) is 5.95 Å². The zero-order valence-electron chi connectivity index (χ0n) is 7.37. The molecular weight excluding hydrogens is 202 g/mol. The number of hydrogen-bond acceptors (Lipinski definition) is 4. The summed E-state index contributed by atoms with van der Waals surface area (Å²) < 4.78 is 0.759. The molecule has 0 aliphatic carbocycles. The lowest BCUT2D eigenvalue weighted by molar-refractivity contribution is 1.01. The average Bonchev–Trinajstić information content (AvgIpc) is 2.51. The molecule has 0 bridgehead atoms. The molecule has 0 fully saturated rings. The van der Waals surface area contributed by atoms with Crippen LogP contribution in [0.15, 0.2) is 11.4 Å². The third-order valence-electron chi connectivity index (χ3n) is 1.75. The van der Waals surface area contributed by atoms with Crippen molar-refractivity contribution in [1.29, 1.82) is 0 Å². The molecule has 0 unspecified atom stereocenters. The Bertz CT molecular complexity index is 483. The van der Waals surface area contributed by atoms with Gasteiger partial charge in [0.05, 0.1) is 0 Å². The molecule has 2 aromatic heterocycles. The molecule has 0 spiro atoms. The molecule has 68 valence electrons. The second kappa shape index (κ2) is 3.08. The van der Waals surface area contributed by atoms with Crippen molar-refractivity contribution in [3.05, 3.63) is 16.1 Å². The molecule has 0 saturated carbocycles. The predicted molar refractivity (Wildman–Crippen MR) is 59.1 cm³/mol. The summed E-state index contributed by atoms with van der Waals surface area (Å²) in [4.78, 5) is 10.4. The van der Waals surface area contributed by atoms with Gasteiger partial charge in [0.1, 0.15) is 9.47 Å². The lowest BCUT2D eigenvalue weighted by Gasteiger charge is -2.09. The molecule has 0 amide bonds. The Morgan fingerprint density at radius 1 is 1.54 bits per heavy atom. The van der Waals surface area contributed by atoms with E-state index in [1.165, 1.54) is 0 Å². The summed E-state index contributed by atoms with van der Waals surface area (Å²) in [5.74, 6) is 0.806. The second-order valence-corrected chi connectivity index (χ2v) is 4.23. The van der Waals surface area contributed by atoms with Crippen LogP contribution in [0.3, 0.4) is 0 Å². The van der Waals surface area contributed by atoms with Crippen LogP contribution in [0.25, 0.3) is 10.2 Å². The maximum absolute atomic E-state index is 5.20. The van der Waals surface area contributed by atoms with Crippen LogP contribution in [0, 0.1) is 4.64 Å². The third-order valence-corrected chi connectivity index (χ3v) is 2.87. The summed E-state index contributed by atoms with van der Waals surface area (Å²) in [6.07, 6.45) is 0. The number of aromatic nitrogens is 2. The van der Waals surface area contributed by atoms with E-state index in [4.69, 9.17) is 12.2 Å². The number of H-pyrrole nitrogens is 1. The smallest absolute Gasteiger partial charge is 0.204 e. The van der Waals surface area contributed by atoms with E-state index in [9.17, 15) is 0 Å². The average molecular weight is 211 g/mol. The Hall–Kier alpha value is -0.940. The maximum atomic E-state index is 5.20. The van der Waals surface area contributed by atoms with E-state index in [0.717, 1.165) is 20.8 Å². The SMILES string of the molecule is CN(C)c1nc2sccc2c(=S)[nH]1. The van der Waals surface area contributed by atoms with Crippen molar-refractivity contribution in [1.82, 2.24) is 9.97 Å². The molecule has 0 aliphatic heterocycles. The molecule has 0 aromatic carbocycles. The topological polar surface area (TPSA) is 31.9 Å². The highest BCUT2D eigenvalue weighted by Crippen LogP contribution is 2.20. The van der Waals surface area contributed by atoms with Gasteiger partial charge in [0.15, 0.2) is 0 Å². The fourth-order valence-electron chi connectivity index (χ4n) is 1.07. The molecule has 0 saturated heterocycles. The first-order valence-corrected chi connectivity index (χ1v) is 5.12. The predicted octanol–water partition coefficient (Wildman–Crippen LogP) is 2.42. The molecule has 13 heavy (non-hydrogen) atoms. The zero-order valence-corrected chi connectivity index (χ0v) is 9.00. The van der Waals surface area contributed by atoms with Gasteiger partial charge in [-0.15, -0.1) is 11.3 Å². The Kier molecular flexibility index (Phi) is 2.05. The van der Waals surface area contributed by atoms with Crippen molar-refractivity contribution < 1.29 is 0 Å². The van der Waals surface area contributed by atoms with E-state index in [-0.39, 0.29) is 0 Å². The van der Waals surface area contributed by atoms with Crippen LogP contribution in [0.2, 0.25) is 0 Å². The minimum atomic E-state index is 0.759. The van der Waals surface area contributed by atoms with Crippen molar-refractivity contribution in [3.63, 3.8) is 0 Å². The molecule has 2 heterocycles. The van der Waals surface area contributed by atoms with Gasteiger partial charge in [0.25, 0.3) is 0 Å². The van der Waals surface area contributed by atoms with Crippen LogP contribution in [0.5, 0.6) is 0 Å². The molecule has 5 heteroatoms. The molecule has 0 atom stereocenters. The number of thiophene rings is 1. The van der Waals surface area contributed by atoms with E-state index in [1.807, 2.05) is 30.4 Å². The molecule has 2 rings (SSSR count). The minimum Gasteiger partial charge on any atom is -0.348 e. The second-order valence-electron chi connectivity index (χ2n) is 2.92.